The molecule has 0 atom stereocenters. The van der Waals surface area contributed by atoms with Crippen LogP contribution < -0.4 is 4.74 Å². The van der Waals surface area contributed by atoms with Crippen molar-refractivity contribution in [1.29, 1.82) is 0 Å². The number of aromatic amines is 1. The fraction of sp³-hybridized carbons (Fsp3) is 0.323. The van der Waals surface area contributed by atoms with Crippen LogP contribution >= 0.6 is 0 Å². The quantitative estimate of drug-likeness (QED) is 0.234. The Balaban J connectivity index is 1.36. The maximum atomic E-state index is 14.0. The van der Waals surface area contributed by atoms with Gasteiger partial charge in [0.05, 0.1) is 24.4 Å². The number of rotatable bonds is 5. The van der Waals surface area contributed by atoms with E-state index in [9.17, 15) is 13.2 Å². The summed E-state index contributed by atoms with van der Waals surface area (Å²) in [7, 11) is 0. The summed E-state index contributed by atoms with van der Waals surface area (Å²) in [6.45, 7) is 3.87. The van der Waals surface area contributed by atoms with E-state index < -0.39 is 11.9 Å². The van der Waals surface area contributed by atoms with E-state index in [4.69, 9.17) is 9.47 Å². The lowest BCUT2D eigenvalue weighted by molar-refractivity contribution is -0.140. The molecule has 0 aliphatic carbocycles. The normalized spacial score (nSPS) is 14.4. The molecule has 0 fully saturated rings. The second-order valence-electron chi connectivity index (χ2n) is 10.0. The molecule has 2 aromatic heterocycles. The first-order chi connectivity index (χ1) is 18.9. The highest BCUT2D eigenvalue weighted by molar-refractivity contribution is 5.98. The first kappa shape index (κ1) is 25.5. The second kappa shape index (κ2) is 10.4. The molecule has 0 bridgehead atoms. The van der Waals surface area contributed by atoms with Gasteiger partial charge in [0.1, 0.15) is 5.75 Å². The van der Waals surface area contributed by atoms with Gasteiger partial charge in [-0.25, -0.2) is 0 Å². The van der Waals surface area contributed by atoms with Crippen molar-refractivity contribution in [2.24, 2.45) is 0 Å². The molecule has 0 spiro atoms. The van der Waals surface area contributed by atoms with Gasteiger partial charge in [0, 0.05) is 40.7 Å². The number of fused-ring (bicyclic) bond motifs is 3. The molecule has 8 heteroatoms. The number of halogens is 3. The molecule has 3 aromatic carbocycles. The van der Waals surface area contributed by atoms with Crippen LogP contribution in [0.15, 0.2) is 60.7 Å². The summed E-state index contributed by atoms with van der Waals surface area (Å²) in [6, 6.07) is 19.8. The summed E-state index contributed by atoms with van der Waals surface area (Å²) in [6.07, 6.45) is -1.34. The third kappa shape index (κ3) is 4.78. The van der Waals surface area contributed by atoms with E-state index in [-0.39, 0.29) is 12.2 Å². The van der Waals surface area contributed by atoms with Crippen molar-refractivity contribution >= 4 is 21.7 Å². The number of H-pyrrole nitrogens is 1. The molecule has 0 saturated carbocycles. The number of hydrogen-bond donors (Lipinski definition) is 1. The molecule has 39 heavy (non-hydrogen) atoms. The molecule has 5 aromatic rings. The van der Waals surface area contributed by atoms with Gasteiger partial charge in [-0.2, -0.15) is 18.3 Å². The zero-order valence-electron chi connectivity index (χ0n) is 21.8. The Morgan fingerprint density at radius 1 is 1.00 bits per heavy atom. The number of ether oxygens (including phenoxy) is 2. The Kier molecular flexibility index (Phi) is 6.81. The van der Waals surface area contributed by atoms with Crippen molar-refractivity contribution in [3.63, 3.8) is 0 Å². The van der Waals surface area contributed by atoms with E-state index in [0.29, 0.717) is 31.0 Å². The fourth-order valence-corrected chi connectivity index (χ4v) is 5.78. The van der Waals surface area contributed by atoms with Gasteiger partial charge in [0.25, 0.3) is 0 Å². The van der Waals surface area contributed by atoms with Crippen molar-refractivity contribution in [2.75, 3.05) is 13.2 Å². The summed E-state index contributed by atoms with van der Waals surface area (Å²) >= 11 is 0. The van der Waals surface area contributed by atoms with Crippen molar-refractivity contribution in [2.45, 2.75) is 51.9 Å². The Bertz CT molecular complexity index is 1630. The average molecular weight is 534 g/mol. The smallest absolute Gasteiger partial charge is 0.435 e. The summed E-state index contributed by atoms with van der Waals surface area (Å²) < 4.78 is 56.2. The van der Waals surface area contributed by atoms with Gasteiger partial charge in [0.2, 0.25) is 0 Å². The molecule has 6 rings (SSSR count). The number of para-hydroxylation sites is 1. The van der Waals surface area contributed by atoms with Crippen LogP contribution in [0.5, 0.6) is 5.75 Å². The minimum absolute atomic E-state index is 0.0624. The first-order valence-electron chi connectivity index (χ1n) is 13.4. The van der Waals surface area contributed by atoms with Gasteiger partial charge in [-0.1, -0.05) is 54.6 Å². The van der Waals surface area contributed by atoms with Gasteiger partial charge in [-0.3, -0.25) is 5.10 Å². The first-order valence-corrected chi connectivity index (χ1v) is 13.4. The predicted octanol–water partition coefficient (Wildman–Crippen LogP) is 7.83. The number of alkyl halides is 3. The van der Waals surface area contributed by atoms with E-state index in [1.165, 1.54) is 0 Å². The monoisotopic (exact) mass is 533 g/mol. The second-order valence-corrected chi connectivity index (χ2v) is 10.0. The molecule has 5 nitrogen and oxygen atoms in total. The van der Waals surface area contributed by atoms with Crippen molar-refractivity contribution in [3.05, 3.63) is 83.3 Å². The predicted molar refractivity (Wildman–Crippen MR) is 146 cm³/mol. The van der Waals surface area contributed by atoms with Crippen molar-refractivity contribution < 1.29 is 22.6 Å². The SMILES string of the molecule is Cc1c(CCCOc2cccc3ccccc23)c2cccc3c2n1CCCCOCc1[nH]nc(C(F)(F)F)c1-3. The maximum Gasteiger partial charge on any atom is 0.435 e. The van der Waals surface area contributed by atoms with E-state index in [0.717, 1.165) is 64.4 Å². The topological polar surface area (TPSA) is 52.1 Å². The highest BCUT2D eigenvalue weighted by Crippen LogP contribution is 2.42. The highest BCUT2D eigenvalue weighted by Gasteiger charge is 2.39. The van der Waals surface area contributed by atoms with Crippen molar-refractivity contribution in [3.8, 4) is 16.9 Å². The van der Waals surface area contributed by atoms with Crippen LogP contribution in [0.2, 0.25) is 0 Å². The van der Waals surface area contributed by atoms with Crippen LogP contribution in [-0.2, 0) is 30.5 Å². The third-order valence-electron chi connectivity index (χ3n) is 7.60. The zero-order chi connectivity index (χ0) is 27.0. The van der Waals surface area contributed by atoms with Gasteiger partial charge in [0.15, 0.2) is 5.69 Å². The third-order valence-corrected chi connectivity index (χ3v) is 7.60. The lowest BCUT2D eigenvalue weighted by atomic mass is 9.98. The van der Waals surface area contributed by atoms with E-state index >= 15 is 0 Å². The number of nitrogens with zero attached hydrogens (tertiary/aromatic N) is 2. The summed E-state index contributed by atoms with van der Waals surface area (Å²) in [4.78, 5) is 0. The van der Waals surface area contributed by atoms with Crippen LogP contribution in [-0.4, -0.2) is 28.0 Å². The van der Waals surface area contributed by atoms with Gasteiger partial charge >= 0.3 is 6.18 Å². The number of benzene rings is 3. The lowest BCUT2D eigenvalue weighted by Gasteiger charge is -2.13. The average Bonchev–Trinajstić information content (AvgIpc) is 3.46. The molecule has 1 N–H and O–H groups in total. The zero-order valence-corrected chi connectivity index (χ0v) is 21.8. The minimum Gasteiger partial charge on any atom is -0.493 e. The van der Waals surface area contributed by atoms with Crippen LogP contribution in [0.3, 0.4) is 0 Å². The van der Waals surface area contributed by atoms with Crippen LogP contribution in [0.4, 0.5) is 13.2 Å². The molecule has 3 heterocycles. The number of aromatic nitrogens is 3. The molecule has 1 aliphatic rings. The molecule has 0 saturated heterocycles. The van der Waals surface area contributed by atoms with Crippen LogP contribution in [0.25, 0.3) is 32.8 Å². The minimum atomic E-state index is -4.58. The Morgan fingerprint density at radius 2 is 1.79 bits per heavy atom. The highest BCUT2D eigenvalue weighted by atomic mass is 19.4. The summed E-state index contributed by atoms with van der Waals surface area (Å²) in [5.74, 6) is 0.860. The van der Waals surface area contributed by atoms with Gasteiger partial charge < -0.3 is 14.0 Å². The Morgan fingerprint density at radius 3 is 2.67 bits per heavy atom. The molecule has 1 aliphatic heterocycles. The number of nitrogens with one attached hydrogen (secondary N) is 1. The standard InChI is InChI=1S/C31H30F3N3O2/c1-20-22(14-8-18-39-27-15-6-10-21-9-2-3-11-23(21)27)24-12-7-13-25-28-26(35-36-30(28)31(32,33)34)19-38-17-5-4-16-37(20)29(24)25/h2-3,6-7,9-13,15H,4-5,8,14,16-19H2,1H3,(H,35,36). The molecule has 0 amide bonds. The van der Waals surface area contributed by atoms with Gasteiger partial charge in [-0.15, -0.1) is 0 Å². The van der Waals surface area contributed by atoms with Crippen LogP contribution in [0.1, 0.15) is 41.9 Å². The molecular weight excluding hydrogens is 503 g/mol. The molecule has 0 unspecified atom stereocenters. The fourth-order valence-electron chi connectivity index (χ4n) is 5.78. The lowest BCUT2D eigenvalue weighted by Crippen LogP contribution is -2.08. The number of aryl methyl sites for hydroxylation is 2. The van der Waals surface area contributed by atoms with E-state index in [1.807, 2.05) is 36.4 Å². The summed E-state index contributed by atoms with van der Waals surface area (Å²) in [5.41, 5.74) is 3.14. The Labute approximate surface area is 224 Å². The summed E-state index contributed by atoms with van der Waals surface area (Å²) in [5, 5.41) is 9.50. The van der Waals surface area contributed by atoms with Crippen molar-refractivity contribution in [1.82, 2.24) is 14.8 Å². The number of hydrogen-bond acceptors (Lipinski definition) is 3. The maximum absolute atomic E-state index is 14.0. The molecular formula is C31H30F3N3O2. The van der Waals surface area contributed by atoms with E-state index in [1.54, 1.807) is 6.07 Å². The Hall–Kier alpha value is -3.78. The van der Waals surface area contributed by atoms with Crippen LogP contribution in [0, 0.1) is 6.92 Å². The molecule has 202 valence electrons. The van der Waals surface area contributed by atoms with Gasteiger partial charge in [-0.05, 0) is 49.6 Å². The molecule has 0 radical (unpaired) electrons. The largest absolute Gasteiger partial charge is 0.493 e. The van der Waals surface area contributed by atoms with E-state index in [2.05, 4.69) is 39.9 Å².